The van der Waals surface area contributed by atoms with Crippen LogP contribution in [-0.2, 0) is 0 Å². The summed E-state index contributed by atoms with van der Waals surface area (Å²) in [6.07, 6.45) is 7.36. The van der Waals surface area contributed by atoms with E-state index < -0.39 is 5.91 Å². The van der Waals surface area contributed by atoms with Crippen LogP contribution in [0, 0.1) is 0 Å². The van der Waals surface area contributed by atoms with Crippen molar-refractivity contribution < 1.29 is 19.4 Å². The second-order valence-electron chi connectivity index (χ2n) is 6.74. The number of ether oxygens (including phenoxy) is 2. The Bertz CT molecular complexity index is 1070. The van der Waals surface area contributed by atoms with Crippen molar-refractivity contribution >= 4 is 23.8 Å². The third-order valence-corrected chi connectivity index (χ3v) is 4.52. The highest BCUT2D eigenvalue weighted by Gasteiger charge is 2.05. The van der Waals surface area contributed by atoms with E-state index in [1.807, 2.05) is 60.7 Å². The van der Waals surface area contributed by atoms with E-state index in [0.717, 1.165) is 22.6 Å². The lowest BCUT2D eigenvalue weighted by Crippen LogP contribution is -2.18. The number of nitrogens with one attached hydrogen (secondary N) is 1. The van der Waals surface area contributed by atoms with Crippen LogP contribution in [0.3, 0.4) is 0 Å². The molecule has 0 spiro atoms. The largest absolute Gasteiger partial charge is 0.508 e. The molecular formula is C26H24N2O4. The van der Waals surface area contributed by atoms with E-state index >= 15 is 0 Å². The zero-order valence-corrected chi connectivity index (χ0v) is 17.9. The van der Waals surface area contributed by atoms with E-state index in [2.05, 4.69) is 10.5 Å². The molecule has 3 aromatic carbocycles. The van der Waals surface area contributed by atoms with Crippen LogP contribution in [0.15, 0.2) is 90.0 Å². The molecule has 0 aliphatic rings. The molecule has 3 rings (SSSR count). The molecule has 0 fully saturated rings. The van der Waals surface area contributed by atoms with Gasteiger partial charge in [0, 0.05) is 5.56 Å². The summed E-state index contributed by atoms with van der Waals surface area (Å²) in [5.74, 6) is 1.14. The first-order chi connectivity index (χ1) is 15.6. The van der Waals surface area contributed by atoms with Gasteiger partial charge in [-0.3, -0.25) is 4.79 Å². The van der Waals surface area contributed by atoms with E-state index in [4.69, 9.17) is 9.47 Å². The molecule has 2 N–H and O–H groups in total. The molecule has 0 heterocycles. The van der Waals surface area contributed by atoms with Gasteiger partial charge in [0.25, 0.3) is 5.91 Å². The summed E-state index contributed by atoms with van der Waals surface area (Å²) < 4.78 is 10.4. The molecule has 0 unspecified atom stereocenters. The quantitative estimate of drug-likeness (QED) is 0.394. The fourth-order valence-electron chi connectivity index (χ4n) is 2.75. The number of phenolic OH excluding ortho intramolecular Hbond substituents is 1. The van der Waals surface area contributed by atoms with Gasteiger partial charge in [0.1, 0.15) is 17.2 Å². The van der Waals surface area contributed by atoms with Crippen molar-refractivity contribution in [3.8, 4) is 17.2 Å². The summed E-state index contributed by atoms with van der Waals surface area (Å²) in [6, 6.07) is 21.2. The van der Waals surface area contributed by atoms with E-state index in [-0.39, 0.29) is 5.75 Å². The Labute approximate surface area is 187 Å². The van der Waals surface area contributed by atoms with Gasteiger partial charge in [0.2, 0.25) is 0 Å². The predicted molar refractivity (Wildman–Crippen MR) is 127 cm³/mol. The third kappa shape index (κ3) is 6.60. The Morgan fingerprint density at radius 3 is 1.84 bits per heavy atom. The van der Waals surface area contributed by atoms with Crippen LogP contribution in [0.5, 0.6) is 17.2 Å². The number of methoxy groups -OCH3 is 2. The van der Waals surface area contributed by atoms with Gasteiger partial charge in [-0.2, -0.15) is 5.10 Å². The van der Waals surface area contributed by atoms with Crippen LogP contribution in [0.25, 0.3) is 12.2 Å². The minimum Gasteiger partial charge on any atom is -0.508 e. The molecule has 0 saturated heterocycles. The van der Waals surface area contributed by atoms with Crippen molar-refractivity contribution in [2.75, 3.05) is 14.2 Å². The second-order valence-corrected chi connectivity index (χ2v) is 6.74. The van der Waals surface area contributed by atoms with Gasteiger partial charge in [0.15, 0.2) is 0 Å². The lowest BCUT2D eigenvalue weighted by molar-refractivity contribution is 0.0954. The number of aromatic hydroxyl groups is 1. The van der Waals surface area contributed by atoms with Crippen molar-refractivity contribution in [2.45, 2.75) is 0 Å². The van der Waals surface area contributed by atoms with Gasteiger partial charge >= 0.3 is 0 Å². The molecule has 0 bridgehead atoms. The van der Waals surface area contributed by atoms with Crippen LogP contribution in [0.4, 0.5) is 0 Å². The Morgan fingerprint density at radius 2 is 1.38 bits per heavy atom. The molecule has 0 aliphatic carbocycles. The molecule has 6 heteroatoms. The van der Waals surface area contributed by atoms with Crippen LogP contribution in [-0.4, -0.2) is 30.9 Å². The van der Waals surface area contributed by atoms with Crippen LogP contribution in [0.1, 0.15) is 21.5 Å². The Balaban J connectivity index is 1.81. The van der Waals surface area contributed by atoms with Crippen LogP contribution >= 0.6 is 0 Å². The molecule has 0 aromatic heterocycles. The highest BCUT2D eigenvalue weighted by molar-refractivity contribution is 6.09. The van der Waals surface area contributed by atoms with Gasteiger partial charge < -0.3 is 14.6 Å². The van der Waals surface area contributed by atoms with Crippen LogP contribution in [0.2, 0.25) is 0 Å². The first kappa shape index (κ1) is 22.4. The van der Waals surface area contributed by atoms with E-state index in [1.165, 1.54) is 12.1 Å². The molecule has 0 aliphatic heterocycles. The van der Waals surface area contributed by atoms with Crippen LogP contribution < -0.4 is 14.9 Å². The molecule has 1 amide bonds. The maximum atomic E-state index is 12.4. The van der Waals surface area contributed by atoms with Gasteiger partial charge in [-0.15, -0.1) is 0 Å². The van der Waals surface area contributed by atoms with Gasteiger partial charge in [-0.1, -0.05) is 42.5 Å². The number of allylic oxidation sites excluding steroid dienone is 2. The average molecular weight is 428 g/mol. The minimum absolute atomic E-state index is 0.0145. The summed E-state index contributed by atoms with van der Waals surface area (Å²) in [6.45, 7) is 0. The maximum Gasteiger partial charge on any atom is 0.271 e. The maximum absolute atomic E-state index is 12.4. The van der Waals surface area contributed by atoms with Crippen molar-refractivity contribution in [2.24, 2.45) is 5.10 Å². The van der Waals surface area contributed by atoms with Crippen molar-refractivity contribution in [3.63, 3.8) is 0 Å². The van der Waals surface area contributed by atoms with Gasteiger partial charge in [0.05, 0.1) is 19.9 Å². The fourth-order valence-corrected chi connectivity index (χ4v) is 2.75. The summed E-state index contributed by atoms with van der Waals surface area (Å²) in [5, 5.41) is 13.8. The number of hydrogen-bond donors (Lipinski definition) is 2. The van der Waals surface area contributed by atoms with Gasteiger partial charge in [-0.05, 0) is 65.7 Å². The normalized spacial score (nSPS) is 10.8. The number of amides is 1. The number of carbonyl (C=O) groups excluding carboxylic acids is 1. The number of phenols is 1. The van der Waals surface area contributed by atoms with E-state index in [1.54, 1.807) is 38.5 Å². The van der Waals surface area contributed by atoms with Crippen molar-refractivity contribution in [3.05, 3.63) is 102 Å². The first-order valence-corrected chi connectivity index (χ1v) is 9.89. The lowest BCUT2D eigenvalue weighted by atomic mass is 10.1. The van der Waals surface area contributed by atoms with Gasteiger partial charge in [-0.25, -0.2) is 5.43 Å². The highest BCUT2D eigenvalue weighted by Crippen LogP contribution is 2.14. The standard InChI is InChI=1S/C26H24N2O4/c1-31-24-14-8-19(9-15-24)6-12-22(13-7-20-10-16-25(32-2)17-11-20)27-28-26(30)21-4-3-5-23(29)18-21/h3-18,29H,1-2H3,(H,28,30)/b12-6+,13-7+. The Morgan fingerprint density at radius 1 is 0.844 bits per heavy atom. The number of rotatable bonds is 8. The SMILES string of the molecule is COc1ccc(/C=C/C(/C=C/c2ccc(OC)cc2)=NNC(=O)c2cccc(O)c2)cc1. The molecule has 0 atom stereocenters. The topological polar surface area (TPSA) is 80.2 Å². The zero-order chi connectivity index (χ0) is 22.8. The number of carbonyl (C=O) groups is 1. The lowest BCUT2D eigenvalue weighted by Gasteiger charge is -2.03. The number of hydrogen-bond acceptors (Lipinski definition) is 5. The smallest absolute Gasteiger partial charge is 0.271 e. The fraction of sp³-hybridized carbons (Fsp3) is 0.0769. The van der Waals surface area contributed by atoms with Crippen molar-refractivity contribution in [1.29, 1.82) is 0 Å². The predicted octanol–water partition coefficient (Wildman–Crippen LogP) is 4.92. The molecule has 162 valence electrons. The average Bonchev–Trinajstić information content (AvgIpc) is 2.84. The second kappa shape index (κ2) is 11.2. The number of hydrazone groups is 1. The summed E-state index contributed by atoms with van der Waals surface area (Å²) in [4.78, 5) is 12.4. The summed E-state index contributed by atoms with van der Waals surface area (Å²) >= 11 is 0. The molecular weight excluding hydrogens is 404 g/mol. The molecule has 3 aromatic rings. The molecule has 0 saturated carbocycles. The summed E-state index contributed by atoms with van der Waals surface area (Å²) in [5.41, 5.74) is 5.28. The Kier molecular flexibility index (Phi) is 7.81. The summed E-state index contributed by atoms with van der Waals surface area (Å²) in [7, 11) is 3.24. The zero-order valence-electron chi connectivity index (χ0n) is 17.9. The highest BCUT2D eigenvalue weighted by atomic mass is 16.5. The number of benzene rings is 3. The first-order valence-electron chi connectivity index (χ1n) is 9.89. The molecule has 0 radical (unpaired) electrons. The Hall–Kier alpha value is -4.32. The number of nitrogens with zero attached hydrogens (tertiary/aromatic N) is 1. The third-order valence-electron chi connectivity index (χ3n) is 4.52. The monoisotopic (exact) mass is 428 g/mol. The van der Waals surface area contributed by atoms with E-state index in [9.17, 15) is 9.90 Å². The minimum atomic E-state index is -0.422. The van der Waals surface area contributed by atoms with E-state index in [0.29, 0.717) is 11.3 Å². The molecule has 32 heavy (non-hydrogen) atoms. The van der Waals surface area contributed by atoms with Crippen molar-refractivity contribution in [1.82, 2.24) is 5.43 Å². The molecule has 6 nitrogen and oxygen atoms in total.